The molecule has 0 atom stereocenters. The highest BCUT2D eigenvalue weighted by Gasteiger charge is 2.25. The van der Waals surface area contributed by atoms with Crippen LogP contribution in [0.3, 0.4) is 0 Å². The SMILES string of the molecule is COc1ccc(-c2c3c(nc4ccc(O)cc24)-c2ccc(O)cc2OC3)cc1. The van der Waals surface area contributed by atoms with Crippen LogP contribution in [0.25, 0.3) is 33.3 Å². The number of aromatic nitrogens is 1. The molecule has 3 aromatic carbocycles. The van der Waals surface area contributed by atoms with Gasteiger partial charge in [-0.3, -0.25) is 0 Å². The van der Waals surface area contributed by atoms with E-state index in [2.05, 4.69) is 0 Å². The zero-order chi connectivity index (χ0) is 19.3. The lowest BCUT2D eigenvalue weighted by molar-refractivity contribution is 0.300. The highest BCUT2D eigenvalue weighted by molar-refractivity contribution is 6.00. The van der Waals surface area contributed by atoms with Gasteiger partial charge in [-0.15, -0.1) is 0 Å². The molecule has 28 heavy (non-hydrogen) atoms. The van der Waals surface area contributed by atoms with Gasteiger partial charge < -0.3 is 19.7 Å². The van der Waals surface area contributed by atoms with E-state index >= 15 is 0 Å². The summed E-state index contributed by atoms with van der Waals surface area (Å²) in [6.07, 6.45) is 0. The van der Waals surface area contributed by atoms with Crippen LogP contribution in [0.2, 0.25) is 0 Å². The molecule has 138 valence electrons. The van der Waals surface area contributed by atoms with Gasteiger partial charge in [-0.2, -0.15) is 0 Å². The Morgan fingerprint density at radius 2 is 1.68 bits per heavy atom. The Kier molecular flexibility index (Phi) is 3.62. The van der Waals surface area contributed by atoms with E-state index in [0.29, 0.717) is 12.4 Å². The highest BCUT2D eigenvalue weighted by atomic mass is 16.5. The van der Waals surface area contributed by atoms with E-state index in [0.717, 1.165) is 44.6 Å². The third-order valence-corrected chi connectivity index (χ3v) is 5.04. The van der Waals surface area contributed by atoms with E-state index in [4.69, 9.17) is 14.5 Å². The number of methoxy groups -OCH3 is 1. The molecule has 4 aromatic rings. The van der Waals surface area contributed by atoms with Crippen molar-refractivity contribution in [2.75, 3.05) is 7.11 Å². The van der Waals surface area contributed by atoms with Gasteiger partial charge in [-0.05, 0) is 53.6 Å². The van der Waals surface area contributed by atoms with E-state index in [-0.39, 0.29) is 11.5 Å². The molecule has 1 aliphatic heterocycles. The lowest BCUT2D eigenvalue weighted by atomic mass is 9.91. The molecule has 0 amide bonds. The van der Waals surface area contributed by atoms with Gasteiger partial charge in [0.05, 0.1) is 18.3 Å². The minimum atomic E-state index is 0.156. The molecule has 5 rings (SSSR count). The maximum atomic E-state index is 10.1. The Morgan fingerprint density at radius 3 is 2.46 bits per heavy atom. The van der Waals surface area contributed by atoms with Gasteiger partial charge in [0, 0.05) is 22.6 Å². The summed E-state index contributed by atoms with van der Waals surface area (Å²) in [5.74, 6) is 1.73. The summed E-state index contributed by atoms with van der Waals surface area (Å²) in [5, 5.41) is 20.7. The molecule has 0 saturated heterocycles. The van der Waals surface area contributed by atoms with E-state index in [1.165, 1.54) is 0 Å². The summed E-state index contributed by atoms with van der Waals surface area (Å²) in [6.45, 7) is 0.325. The molecule has 0 bridgehead atoms. The fraction of sp³-hybridized carbons (Fsp3) is 0.0870. The molecule has 2 N–H and O–H groups in total. The Morgan fingerprint density at radius 1 is 0.929 bits per heavy atom. The van der Waals surface area contributed by atoms with Crippen molar-refractivity contribution in [2.24, 2.45) is 0 Å². The molecule has 0 unspecified atom stereocenters. The van der Waals surface area contributed by atoms with Gasteiger partial charge in [0.2, 0.25) is 0 Å². The minimum absolute atomic E-state index is 0.156. The summed E-state index contributed by atoms with van der Waals surface area (Å²) in [4.78, 5) is 4.85. The van der Waals surface area contributed by atoms with Crippen LogP contribution in [0, 0.1) is 0 Å². The van der Waals surface area contributed by atoms with Crippen LogP contribution >= 0.6 is 0 Å². The van der Waals surface area contributed by atoms with E-state index < -0.39 is 0 Å². The number of rotatable bonds is 2. The molecule has 5 nitrogen and oxygen atoms in total. The van der Waals surface area contributed by atoms with Gasteiger partial charge >= 0.3 is 0 Å². The van der Waals surface area contributed by atoms with Crippen LogP contribution in [0.5, 0.6) is 23.0 Å². The molecule has 0 radical (unpaired) electrons. The van der Waals surface area contributed by atoms with E-state index in [1.54, 1.807) is 31.4 Å². The number of hydrogen-bond donors (Lipinski definition) is 2. The number of ether oxygens (including phenoxy) is 2. The quantitative estimate of drug-likeness (QED) is 0.525. The number of pyridine rings is 1. The largest absolute Gasteiger partial charge is 0.508 e. The summed E-state index contributed by atoms with van der Waals surface area (Å²) in [7, 11) is 1.64. The number of phenols is 2. The predicted molar refractivity (Wildman–Crippen MR) is 107 cm³/mol. The Labute approximate surface area is 161 Å². The fourth-order valence-electron chi connectivity index (χ4n) is 3.72. The number of phenolic OH excluding ortho intramolecular Hbond substituents is 2. The average molecular weight is 371 g/mol. The first-order chi connectivity index (χ1) is 13.6. The molecule has 0 spiro atoms. The Hall–Kier alpha value is -3.73. The predicted octanol–water partition coefficient (Wildman–Crippen LogP) is 4.88. The summed E-state index contributed by atoms with van der Waals surface area (Å²) < 4.78 is 11.2. The number of aromatic hydroxyl groups is 2. The van der Waals surface area contributed by atoms with Gasteiger partial charge in [-0.1, -0.05) is 12.1 Å². The average Bonchev–Trinajstić information content (AvgIpc) is 2.72. The monoisotopic (exact) mass is 371 g/mol. The Balaban J connectivity index is 1.85. The van der Waals surface area contributed by atoms with Crippen molar-refractivity contribution in [1.29, 1.82) is 0 Å². The van der Waals surface area contributed by atoms with Crippen LogP contribution in [0.15, 0.2) is 60.7 Å². The molecule has 0 fully saturated rings. The lowest BCUT2D eigenvalue weighted by Crippen LogP contribution is -2.09. The normalized spacial score (nSPS) is 12.2. The van der Waals surface area contributed by atoms with Crippen molar-refractivity contribution in [1.82, 2.24) is 4.98 Å². The molecule has 0 aliphatic carbocycles. The van der Waals surface area contributed by atoms with Crippen LogP contribution in [0.4, 0.5) is 0 Å². The van der Waals surface area contributed by atoms with Crippen LogP contribution in [-0.2, 0) is 6.61 Å². The molecule has 1 aromatic heterocycles. The maximum absolute atomic E-state index is 10.1. The zero-order valence-electron chi connectivity index (χ0n) is 15.1. The van der Waals surface area contributed by atoms with Crippen molar-refractivity contribution in [2.45, 2.75) is 6.61 Å². The first kappa shape index (κ1) is 16.4. The maximum Gasteiger partial charge on any atom is 0.132 e. The Bertz CT molecular complexity index is 1220. The second-order valence-corrected chi connectivity index (χ2v) is 6.71. The first-order valence-electron chi connectivity index (χ1n) is 8.90. The van der Waals surface area contributed by atoms with Gasteiger partial charge in [0.1, 0.15) is 29.6 Å². The number of fused-ring (bicyclic) bond motifs is 4. The third-order valence-electron chi connectivity index (χ3n) is 5.04. The smallest absolute Gasteiger partial charge is 0.132 e. The summed E-state index contributed by atoms with van der Waals surface area (Å²) in [6, 6.07) is 18.0. The molecule has 5 heteroatoms. The van der Waals surface area contributed by atoms with E-state index in [1.807, 2.05) is 36.4 Å². The number of nitrogens with zero attached hydrogens (tertiary/aromatic N) is 1. The van der Waals surface area contributed by atoms with Crippen molar-refractivity contribution in [3.8, 4) is 45.4 Å². The minimum Gasteiger partial charge on any atom is -0.508 e. The van der Waals surface area contributed by atoms with Crippen LogP contribution in [0.1, 0.15) is 5.56 Å². The van der Waals surface area contributed by atoms with Crippen LogP contribution in [-0.4, -0.2) is 22.3 Å². The summed E-state index contributed by atoms with van der Waals surface area (Å²) in [5.41, 5.74) is 5.34. The standard InChI is InChI=1S/C23H17NO4/c1-27-16-6-2-13(3-7-16)22-18-10-14(25)5-9-20(18)24-23-17-8-4-15(26)11-21(17)28-12-19(22)23/h2-11,25-26H,12H2,1H3. The van der Waals surface area contributed by atoms with Crippen molar-refractivity contribution < 1.29 is 19.7 Å². The zero-order valence-corrected chi connectivity index (χ0v) is 15.1. The van der Waals surface area contributed by atoms with Crippen LogP contribution < -0.4 is 9.47 Å². The second-order valence-electron chi connectivity index (χ2n) is 6.71. The molecular weight excluding hydrogens is 354 g/mol. The first-order valence-corrected chi connectivity index (χ1v) is 8.90. The summed E-state index contributed by atoms with van der Waals surface area (Å²) >= 11 is 0. The van der Waals surface area contributed by atoms with E-state index in [9.17, 15) is 10.2 Å². The van der Waals surface area contributed by atoms with Crippen molar-refractivity contribution >= 4 is 10.9 Å². The molecule has 1 aliphatic rings. The van der Waals surface area contributed by atoms with Gasteiger partial charge in [-0.25, -0.2) is 4.98 Å². The second kappa shape index (κ2) is 6.16. The topological polar surface area (TPSA) is 71.8 Å². The van der Waals surface area contributed by atoms with Gasteiger partial charge in [0.15, 0.2) is 0 Å². The lowest BCUT2D eigenvalue weighted by Gasteiger charge is -2.24. The van der Waals surface area contributed by atoms with Gasteiger partial charge in [0.25, 0.3) is 0 Å². The highest BCUT2D eigenvalue weighted by Crippen LogP contribution is 2.44. The number of hydrogen-bond acceptors (Lipinski definition) is 5. The van der Waals surface area contributed by atoms with Crippen molar-refractivity contribution in [3.05, 3.63) is 66.2 Å². The fourth-order valence-corrected chi connectivity index (χ4v) is 3.72. The third kappa shape index (κ3) is 2.52. The van der Waals surface area contributed by atoms with Crippen molar-refractivity contribution in [3.63, 3.8) is 0 Å². The molecule has 0 saturated carbocycles. The number of benzene rings is 3. The molecular formula is C23H17NO4. The molecule has 2 heterocycles.